The number of alkyl halides is 5. The Morgan fingerprint density at radius 1 is 0.667 bits per heavy atom. The van der Waals surface area contributed by atoms with Gasteiger partial charge in [0.15, 0.2) is 0 Å². The predicted molar refractivity (Wildman–Crippen MR) is 61.3 cm³/mol. The SMILES string of the molecule is FCC(CF)(CF)C(CF)(CF)C1CCCCC1. The monoisotopic (exact) mass is 272 g/mol. The van der Waals surface area contributed by atoms with Crippen LogP contribution in [0.1, 0.15) is 32.1 Å². The molecule has 0 amide bonds. The standard InChI is InChI=1S/C13H21F5/c14-6-12(7-15,8-16)13(9-17,10-18)11-4-2-1-3-5-11/h11H,1-10H2. The van der Waals surface area contributed by atoms with Gasteiger partial charge in [0.2, 0.25) is 0 Å². The van der Waals surface area contributed by atoms with Gasteiger partial charge >= 0.3 is 0 Å². The zero-order valence-corrected chi connectivity index (χ0v) is 10.5. The molecule has 1 fully saturated rings. The second kappa shape index (κ2) is 6.71. The highest BCUT2D eigenvalue weighted by atomic mass is 19.2. The van der Waals surface area contributed by atoms with Crippen LogP contribution < -0.4 is 0 Å². The van der Waals surface area contributed by atoms with Crippen molar-refractivity contribution in [2.75, 3.05) is 33.4 Å². The zero-order valence-electron chi connectivity index (χ0n) is 10.5. The first-order valence-electron chi connectivity index (χ1n) is 6.46. The van der Waals surface area contributed by atoms with Crippen molar-refractivity contribution < 1.29 is 22.0 Å². The molecule has 1 rings (SSSR count). The lowest BCUT2D eigenvalue weighted by molar-refractivity contribution is -0.109. The highest BCUT2D eigenvalue weighted by Crippen LogP contribution is 2.52. The fraction of sp³-hybridized carbons (Fsp3) is 1.00. The van der Waals surface area contributed by atoms with Gasteiger partial charge < -0.3 is 0 Å². The van der Waals surface area contributed by atoms with E-state index in [0.29, 0.717) is 12.8 Å². The summed E-state index contributed by atoms with van der Waals surface area (Å²) < 4.78 is 66.2. The molecule has 0 nitrogen and oxygen atoms in total. The Kier molecular flexibility index (Phi) is 5.86. The summed E-state index contributed by atoms with van der Waals surface area (Å²) in [7, 11) is 0. The molecule has 0 aromatic rings. The van der Waals surface area contributed by atoms with Crippen LogP contribution in [0.3, 0.4) is 0 Å². The van der Waals surface area contributed by atoms with Crippen molar-refractivity contribution in [2.24, 2.45) is 16.7 Å². The summed E-state index contributed by atoms with van der Waals surface area (Å²) in [6, 6.07) is 0. The van der Waals surface area contributed by atoms with E-state index in [0.717, 1.165) is 19.3 Å². The normalized spacial score (nSPS) is 19.2. The quantitative estimate of drug-likeness (QED) is 0.603. The molecule has 1 aliphatic carbocycles. The third-order valence-corrected chi connectivity index (χ3v) is 4.69. The minimum atomic E-state index is -2.15. The lowest BCUT2D eigenvalue weighted by Gasteiger charge is -2.49. The van der Waals surface area contributed by atoms with E-state index in [1.165, 1.54) is 0 Å². The van der Waals surface area contributed by atoms with E-state index in [4.69, 9.17) is 0 Å². The molecule has 0 spiro atoms. The molecular formula is C13H21F5. The summed E-state index contributed by atoms with van der Waals surface area (Å²) in [5.41, 5.74) is -4.00. The van der Waals surface area contributed by atoms with Crippen molar-refractivity contribution in [3.63, 3.8) is 0 Å². The average molecular weight is 272 g/mol. The maximum atomic E-state index is 13.4. The van der Waals surface area contributed by atoms with Crippen molar-refractivity contribution in [2.45, 2.75) is 32.1 Å². The highest BCUT2D eigenvalue weighted by molar-refractivity contribution is 5.02. The van der Waals surface area contributed by atoms with Gasteiger partial charge in [0.1, 0.15) is 20.0 Å². The maximum Gasteiger partial charge on any atom is 0.101 e. The third-order valence-electron chi connectivity index (χ3n) is 4.69. The van der Waals surface area contributed by atoms with Gasteiger partial charge in [-0.1, -0.05) is 19.3 Å². The minimum absolute atomic E-state index is 0.469. The summed E-state index contributed by atoms with van der Waals surface area (Å²) in [6.45, 7) is -6.48. The Labute approximate surface area is 105 Å². The Hall–Kier alpha value is -0.350. The molecule has 1 aliphatic rings. The van der Waals surface area contributed by atoms with Gasteiger partial charge in [-0.25, -0.2) is 0 Å². The second-order valence-corrected chi connectivity index (χ2v) is 5.44. The largest absolute Gasteiger partial charge is 0.250 e. The predicted octanol–water partition coefficient (Wildman–Crippen LogP) is 4.39. The molecule has 0 unspecified atom stereocenters. The van der Waals surface area contributed by atoms with Crippen LogP contribution in [0.15, 0.2) is 0 Å². The van der Waals surface area contributed by atoms with E-state index in [-0.39, 0.29) is 0 Å². The molecule has 0 N–H and O–H groups in total. The number of hydrogen-bond donors (Lipinski definition) is 0. The molecule has 0 radical (unpaired) electrons. The summed E-state index contributed by atoms with van der Waals surface area (Å²) in [6.07, 6.45) is 3.57. The topological polar surface area (TPSA) is 0 Å². The molecule has 0 atom stereocenters. The Morgan fingerprint density at radius 3 is 1.44 bits per heavy atom. The zero-order chi connectivity index (χ0) is 13.6. The molecule has 1 saturated carbocycles. The lowest BCUT2D eigenvalue weighted by Crippen LogP contribution is -2.55. The van der Waals surface area contributed by atoms with E-state index in [2.05, 4.69) is 0 Å². The van der Waals surface area contributed by atoms with Gasteiger partial charge in [-0.15, -0.1) is 0 Å². The van der Waals surface area contributed by atoms with Crippen LogP contribution in [0.25, 0.3) is 0 Å². The Bertz CT molecular complexity index is 221. The van der Waals surface area contributed by atoms with Gasteiger partial charge in [-0.3, -0.25) is 22.0 Å². The van der Waals surface area contributed by atoms with Crippen molar-refractivity contribution in [1.82, 2.24) is 0 Å². The summed E-state index contributed by atoms with van der Waals surface area (Å²) in [5, 5.41) is 0. The Balaban J connectivity index is 3.09. The highest BCUT2D eigenvalue weighted by Gasteiger charge is 2.56. The summed E-state index contributed by atoms with van der Waals surface area (Å²) in [5.74, 6) is -0.469. The molecule has 0 saturated heterocycles. The number of hydrogen-bond acceptors (Lipinski definition) is 0. The van der Waals surface area contributed by atoms with E-state index in [9.17, 15) is 22.0 Å². The molecule has 0 bridgehead atoms. The van der Waals surface area contributed by atoms with Gasteiger partial charge in [-0.2, -0.15) is 0 Å². The average Bonchev–Trinajstić information content (AvgIpc) is 2.46. The van der Waals surface area contributed by atoms with Crippen LogP contribution in [0.2, 0.25) is 0 Å². The molecular weight excluding hydrogens is 251 g/mol. The number of halogens is 5. The fourth-order valence-electron chi connectivity index (χ4n) is 3.13. The first-order valence-corrected chi connectivity index (χ1v) is 6.46. The lowest BCUT2D eigenvalue weighted by atomic mass is 9.56. The van der Waals surface area contributed by atoms with Crippen LogP contribution in [-0.4, -0.2) is 33.4 Å². The third kappa shape index (κ3) is 2.37. The van der Waals surface area contributed by atoms with Gasteiger partial charge in [0.05, 0.1) is 18.8 Å². The van der Waals surface area contributed by atoms with Gasteiger partial charge in [0.25, 0.3) is 0 Å². The van der Waals surface area contributed by atoms with E-state index >= 15 is 0 Å². The molecule has 0 aliphatic heterocycles. The molecule has 0 aromatic heterocycles. The van der Waals surface area contributed by atoms with Crippen molar-refractivity contribution in [3.8, 4) is 0 Å². The molecule has 0 heterocycles. The summed E-state index contributed by atoms with van der Waals surface area (Å²) in [4.78, 5) is 0. The van der Waals surface area contributed by atoms with Crippen LogP contribution in [0.5, 0.6) is 0 Å². The van der Waals surface area contributed by atoms with Crippen molar-refractivity contribution >= 4 is 0 Å². The van der Waals surface area contributed by atoms with E-state index < -0.39 is 50.1 Å². The smallest absolute Gasteiger partial charge is 0.101 e. The van der Waals surface area contributed by atoms with Crippen molar-refractivity contribution in [3.05, 3.63) is 0 Å². The van der Waals surface area contributed by atoms with Crippen LogP contribution in [0.4, 0.5) is 22.0 Å². The van der Waals surface area contributed by atoms with E-state index in [1.54, 1.807) is 0 Å². The molecule has 5 heteroatoms. The first-order chi connectivity index (χ1) is 8.66. The number of rotatable bonds is 7. The van der Waals surface area contributed by atoms with Crippen LogP contribution >= 0.6 is 0 Å². The maximum absolute atomic E-state index is 13.4. The van der Waals surface area contributed by atoms with Gasteiger partial charge in [-0.05, 0) is 18.8 Å². The molecule has 18 heavy (non-hydrogen) atoms. The van der Waals surface area contributed by atoms with Gasteiger partial charge in [0, 0.05) is 5.41 Å². The van der Waals surface area contributed by atoms with Crippen LogP contribution in [-0.2, 0) is 0 Å². The van der Waals surface area contributed by atoms with Crippen LogP contribution in [0, 0.1) is 16.7 Å². The molecule has 0 aromatic carbocycles. The minimum Gasteiger partial charge on any atom is -0.250 e. The Morgan fingerprint density at radius 2 is 1.11 bits per heavy atom. The van der Waals surface area contributed by atoms with Crippen molar-refractivity contribution in [1.29, 1.82) is 0 Å². The summed E-state index contributed by atoms with van der Waals surface area (Å²) >= 11 is 0. The van der Waals surface area contributed by atoms with E-state index in [1.807, 2.05) is 0 Å². The fourth-order valence-corrected chi connectivity index (χ4v) is 3.13. The second-order valence-electron chi connectivity index (χ2n) is 5.44. The molecule has 108 valence electrons. The first kappa shape index (κ1) is 15.7.